The lowest BCUT2D eigenvalue weighted by atomic mass is 10.1. The number of Topliss-reactive ketones (excluding diaryl/α,β-unsaturated/α-hetero) is 1. The summed E-state index contributed by atoms with van der Waals surface area (Å²) in [6.07, 6.45) is 9.35. The second kappa shape index (κ2) is 12.4. The molecule has 3 aromatic rings. The Balaban J connectivity index is 2.06. The number of ketones is 1. The minimum atomic E-state index is -2.23. The molecule has 0 unspecified atom stereocenters. The van der Waals surface area contributed by atoms with Gasteiger partial charge in [0.05, 0.1) is 0 Å². The van der Waals surface area contributed by atoms with E-state index in [1.54, 1.807) is 0 Å². The smallest absolute Gasteiger partial charge is 0.182 e. The Morgan fingerprint density at radius 1 is 0.688 bits per heavy atom. The molecule has 0 fully saturated rings. The van der Waals surface area contributed by atoms with Crippen molar-refractivity contribution in [1.29, 1.82) is 0 Å². The zero-order valence-electron chi connectivity index (χ0n) is 19.4. The van der Waals surface area contributed by atoms with E-state index in [2.05, 4.69) is 85.8 Å². The van der Waals surface area contributed by atoms with Crippen LogP contribution in [0.3, 0.4) is 0 Å². The summed E-state index contributed by atoms with van der Waals surface area (Å²) in [6.45, 7) is 1.98. The molecule has 0 atom stereocenters. The normalized spacial score (nSPS) is 11.9. The number of benzene rings is 3. The Labute approximate surface area is 194 Å². The number of allylic oxidation sites excluding steroid dienone is 2. The summed E-state index contributed by atoms with van der Waals surface area (Å²) in [7, 11) is 0. The van der Waals surface area contributed by atoms with E-state index in [0.29, 0.717) is 0 Å². The van der Waals surface area contributed by atoms with E-state index in [4.69, 9.17) is 0 Å². The first-order valence-electron chi connectivity index (χ1n) is 11.8. The Bertz CT molecular complexity index is 946. The molecule has 0 saturated carbocycles. The Hall–Kier alpha value is -2.63. The summed E-state index contributed by atoms with van der Waals surface area (Å²) in [5.41, 5.74) is 0.854. The lowest BCUT2D eigenvalue weighted by Gasteiger charge is -2.28. The largest absolute Gasteiger partial charge is 0.290 e. The zero-order chi connectivity index (χ0) is 22.7. The third kappa shape index (κ3) is 5.99. The molecule has 0 heterocycles. The van der Waals surface area contributed by atoms with E-state index in [1.165, 1.54) is 41.6 Å². The topological polar surface area (TPSA) is 17.1 Å². The highest BCUT2D eigenvalue weighted by molar-refractivity contribution is 7.95. The summed E-state index contributed by atoms with van der Waals surface area (Å²) in [5.74, 6) is 2.18. The fourth-order valence-corrected chi connectivity index (χ4v) is 7.93. The quantitative estimate of drug-likeness (QED) is 0.184. The lowest BCUT2D eigenvalue weighted by Crippen LogP contribution is -2.28. The molecule has 0 spiro atoms. The van der Waals surface area contributed by atoms with Crippen LogP contribution in [0.1, 0.15) is 52.4 Å². The van der Waals surface area contributed by atoms with E-state index in [0.717, 1.165) is 18.4 Å². The van der Waals surface area contributed by atoms with Crippen molar-refractivity contribution in [2.24, 2.45) is 0 Å². The molecule has 3 aromatic carbocycles. The van der Waals surface area contributed by atoms with Crippen LogP contribution in [0.4, 0.5) is 0 Å². The van der Waals surface area contributed by atoms with E-state index >= 15 is 0 Å². The second-order valence-electron chi connectivity index (χ2n) is 8.31. The monoisotopic (exact) mass is 442 g/mol. The highest BCUT2D eigenvalue weighted by atomic mass is 31.2. The highest BCUT2D eigenvalue weighted by Gasteiger charge is 2.26. The molecule has 0 aliphatic rings. The molecular weight excluding hydrogens is 407 g/mol. The third-order valence-corrected chi connectivity index (χ3v) is 9.91. The average molecular weight is 443 g/mol. The predicted octanol–water partition coefficient (Wildman–Crippen LogP) is 6.66. The average Bonchev–Trinajstić information content (AvgIpc) is 2.86. The van der Waals surface area contributed by atoms with Crippen molar-refractivity contribution in [3.05, 3.63) is 103 Å². The molecule has 166 valence electrons. The van der Waals surface area contributed by atoms with Gasteiger partial charge in [-0.05, 0) is 53.9 Å². The van der Waals surface area contributed by atoms with Gasteiger partial charge in [0.15, 0.2) is 5.78 Å². The molecule has 0 aliphatic heterocycles. The standard InChI is InChI=1S/C30H35OP/c1-3-4-5-6-7-11-18-26(2)30(31)25-32(27-19-12-8-13-20-27,28-21-14-9-15-22-28)29-23-16-10-17-24-29/h8-10,12-25H,3-7,11H2,1-2H3/b26-18+. The Morgan fingerprint density at radius 3 is 1.56 bits per heavy atom. The van der Waals surface area contributed by atoms with E-state index in [1.807, 2.05) is 30.9 Å². The van der Waals surface area contributed by atoms with E-state index in [-0.39, 0.29) is 5.78 Å². The molecule has 0 saturated heterocycles. The fourth-order valence-electron chi connectivity index (χ4n) is 4.10. The van der Waals surface area contributed by atoms with Crippen molar-refractivity contribution < 1.29 is 4.79 Å². The number of unbranched alkanes of at least 4 members (excludes halogenated alkanes) is 5. The van der Waals surface area contributed by atoms with E-state index in [9.17, 15) is 4.79 Å². The highest BCUT2D eigenvalue weighted by Crippen LogP contribution is 2.43. The Morgan fingerprint density at radius 2 is 1.12 bits per heavy atom. The SMILES string of the molecule is CCCCCCC/C=C(\C)C(=O)C=P(c1ccccc1)(c1ccccc1)c1ccccc1. The molecule has 0 radical (unpaired) electrons. The van der Waals surface area contributed by atoms with Gasteiger partial charge in [-0.15, -0.1) is 0 Å². The first-order chi connectivity index (χ1) is 15.7. The van der Waals surface area contributed by atoms with E-state index < -0.39 is 6.89 Å². The molecule has 0 aliphatic carbocycles. The van der Waals surface area contributed by atoms with Crippen molar-refractivity contribution in [2.75, 3.05) is 0 Å². The van der Waals surface area contributed by atoms with Crippen LogP contribution >= 0.6 is 6.89 Å². The first kappa shape index (κ1) is 24.0. The van der Waals surface area contributed by atoms with Crippen LogP contribution in [0.2, 0.25) is 0 Å². The van der Waals surface area contributed by atoms with Gasteiger partial charge in [0.25, 0.3) is 0 Å². The summed E-state index contributed by atoms with van der Waals surface area (Å²) < 4.78 is 0. The minimum Gasteiger partial charge on any atom is -0.290 e. The van der Waals surface area contributed by atoms with Crippen molar-refractivity contribution in [3.63, 3.8) is 0 Å². The van der Waals surface area contributed by atoms with Gasteiger partial charge in [-0.25, -0.2) is 0 Å². The fraction of sp³-hybridized carbons (Fsp3) is 0.267. The van der Waals surface area contributed by atoms with Gasteiger partial charge in [0.2, 0.25) is 0 Å². The number of carbonyl (C=O) groups excluding carboxylic acids is 1. The number of hydrogen-bond donors (Lipinski definition) is 0. The summed E-state index contributed by atoms with van der Waals surface area (Å²) >= 11 is 0. The predicted molar refractivity (Wildman–Crippen MR) is 143 cm³/mol. The van der Waals surface area contributed by atoms with Gasteiger partial charge < -0.3 is 0 Å². The molecule has 1 nitrogen and oxygen atoms in total. The van der Waals surface area contributed by atoms with Gasteiger partial charge in [-0.3, -0.25) is 4.79 Å². The maximum Gasteiger partial charge on any atom is 0.182 e. The van der Waals surface area contributed by atoms with Crippen molar-refractivity contribution >= 4 is 34.4 Å². The zero-order valence-corrected chi connectivity index (χ0v) is 20.3. The lowest BCUT2D eigenvalue weighted by molar-refractivity contribution is -0.109. The molecule has 0 amide bonds. The summed E-state index contributed by atoms with van der Waals surface area (Å²) in [4.78, 5) is 13.5. The molecule has 3 rings (SSSR count). The van der Waals surface area contributed by atoms with Crippen LogP contribution in [-0.4, -0.2) is 11.6 Å². The summed E-state index contributed by atoms with van der Waals surface area (Å²) in [6, 6.07) is 31.6. The van der Waals surface area contributed by atoms with Gasteiger partial charge in [-0.2, -0.15) is 0 Å². The van der Waals surface area contributed by atoms with Gasteiger partial charge in [0, 0.05) is 0 Å². The maximum atomic E-state index is 13.5. The summed E-state index contributed by atoms with van der Waals surface area (Å²) in [5, 5.41) is 3.62. The molecule has 0 bridgehead atoms. The van der Waals surface area contributed by atoms with Crippen molar-refractivity contribution in [2.45, 2.75) is 52.4 Å². The molecule has 32 heavy (non-hydrogen) atoms. The van der Waals surface area contributed by atoms with Crippen molar-refractivity contribution in [1.82, 2.24) is 0 Å². The minimum absolute atomic E-state index is 0.142. The second-order valence-corrected chi connectivity index (χ2v) is 11.6. The number of carbonyl (C=O) groups is 1. The molecular formula is C30H35OP. The van der Waals surface area contributed by atoms with Crippen molar-refractivity contribution in [3.8, 4) is 0 Å². The van der Waals surface area contributed by atoms with Crippen LogP contribution < -0.4 is 15.9 Å². The Kier molecular flexibility index (Phi) is 9.32. The third-order valence-electron chi connectivity index (χ3n) is 5.95. The van der Waals surface area contributed by atoms with Crippen LogP contribution in [0, 0.1) is 0 Å². The van der Waals surface area contributed by atoms with Gasteiger partial charge >= 0.3 is 0 Å². The first-order valence-corrected chi connectivity index (χ1v) is 13.7. The number of hydrogen-bond acceptors (Lipinski definition) is 1. The van der Waals surface area contributed by atoms with Crippen LogP contribution in [0.5, 0.6) is 0 Å². The number of rotatable bonds is 11. The molecule has 0 aromatic heterocycles. The van der Waals surface area contributed by atoms with Crippen LogP contribution in [-0.2, 0) is 4.79 Å². The maximum absolute atomic E-state index is 13.5. The van der Waals surface area contributed by atoms with Crippen LogP contribution in [0.25, 0.3) is 0 Å². The van der Waals surface area contributed by atoms with Gasteiger partial charge in [-0.1, -0.05) is 130 Å². The molecule has 2 heteroatoms. The molecule has 0 N–H and O–H groups in total. The van der Waals surface area contributed by atoms with Crippen LogP contribution in [0.15, 0.2) is 103 Å². The van der Waals surface area contributed by atoms with Gasteiger partial charge in [0.1, 0.15) is 0 Å².